The summed E-state index contributed by atoms with van der Waals surface area (Å²) < 4.78 is 27.8. The number of nitriles is 1. The summed E-state index contributed by atoms with van der Waals surface area (Å²) in [5, 5.41) is 18.1. The molecule has 0 bridgehead atoms. The van der Waals surface area contributed by atoms with Crippen LogP contribution in [0.3, 0.4) is 0 Å². The fraction of sp³-hybridized carbons (Fsp3) is 0.158. The van der Waals surface area contributed by atoms with Crippen LogP contribution in [0.1, 0.15) is 24.0 Å². The molecule has 0 aliphatic heterocycles. The summed E-state index contributed by atoms with van der Waals surface area (Å²) in [5.74, 6) is -2.30. The first-order valence-electron chi connectivity index (χ1n) is 7.71. The second-order valence-corrected chi connectivity index (χ2v) is 5.73. The Morgan fingerprint density at radius 2 is 1.92 bits per heavy atom. The Hall–Kier alpha value is -3.20. The molecule has 3 rings (SSSR count). The van der Waals surface area contributed by atoms with Crippen LogP contribution in [-0.4, -0.2) is 16.1 Å². The van der Waals surface area contributed by atoms with Gasteiger partial charge in [-0.2, -0.15) is 5.26 Å². The van der Waals surface area contributed by atoms with Crippen molar-refractivity contribution in [2.24, 2.45) is 0 Å². The van der Waals surface area contributed by atoms with Gasteiger partial charge < -0.3 is 10.1 Å². The number of carboxylic acid groups (broad SMARTS) is 1. The summed E-state index contributed by atoms with van der Waals surface area (Å²) in [6, 6.07) is 10.8. The Morgan fingerprint density at radius 1 is 1.20 bits per heavy atom. The Kier molecular flexibility index (Phi) is 4.48. The molecule has 4 nitrogen and oxygen atoms in total. The number of hydrogen-bond donors (Lipinski definition) is 2. The third-order valence-electron chi connectivity index (χ3n) is 4.05. The molecule has 2 N–H and O–H groups in total. The molecule has 0 fully saturated rings. The van der Waals surface area contributed by atoms with Crippen molar-refractivity contribution in [2.75, 3.05) is 0 Å². The zero-order valence-electron chi connectivity index (χ0n) is 13.1. The van der Waals surface area contributed by atoms with Crippen LogP contribution in [-0.2, 0) is 11.2 Å². The van der Waals surface area contributed by atoms with Crippen LogP contribution in [0.25, 0.3) is 22.2 Å². The highest BCUT2D eigenvalue weighted by molar-refractivity contribution is 5.91. The Bertz CT molecular complexity index is 985. The largest absolute Gasteiger partial charge is 0.481 e. The van der Waals surface area contributed by atoms with Gasteiger partial charge in [0.1, 0.15) is 11.6 Å². The molecular weight excluding hydrogens is 326 g/mol. The molecule has 0 aliphatic rings. The molecule has 0 amide bonds. The third kappa shape index (κ3) is 3.36. The predicted molar refractivity (Wildman–Crippen MR) is 88.9 cm³/mol. The molecule has 0 aliphatic carbocycles. The Morgan fingerprint density at radius 3 is 2.56 bits per heavy atom. The van der Waals surface area contributed by atoms with Crippen molar-refractivity contribution in [2.45, 2.75) is 19.3 Å². The average Bonchev–Trinajstić information content (AvgIpc) is 2.94. The molecule has 126 valence electrons. The normalized spacial score (nSPS) is 10.8. The topological polar surface area (TPSA) is 76.9 Å². The van der Waals surface area contributed by atoms with Crippen molar-refractivity contribution in [1.29, 1.82) is 5.26 Å². The minimum absolute atomic E-state index is 0.0305. The number of aromatic nitrogens is 1. The smallest absolute Gasteiger partial charge is 0.303 e. The van der Waals surface area contributed by atoms with Crippen molar-refractivity contribution in [3.8, 4) is 17.3 Å². The van der Waals surface area contributed by atoms with Crippen molar-refractivity contribution in [3.05, 3.63) is 59.2 Å². The second kappa shape index (κ2) is 6.73. The first kappa shape index (κ1) is 16.7. The van der Waals surface area contributed by atoms with E-state index in [2.05, 4.69) is 4.98 Å². The van der Waals surface area contributed by atoms with Crippen LogP contribution in [0.5, 0.6) is 0 Å². The van der Waals surface area contributed by atoms with E-state index in [0.717, 1.165) is 11.6 Å². The van der Waals surface area contributed by atoms with Crippen LogP contribution in [0.4, 0.5) is 8.78 Å². The number of aliphatic carboxylic acids is 1. The van der Waals surface area contributed by atoms with Gasteiger partial charge in [0.2, 0.25) is 0 Å². The number of nitrogens with one attached hydrogen (secondary N) is 1. The number of halogens is 2. The highest BCUT2D eigenvalue weighted by Crippen LogP contribution is 2.33. The number of benzene rings is 2. The number of carbonyl (C=O) groups is 1. The lowest BCUT2D eigenvalue weighted by molar-refractivity contribution is -0.137. The zero-order chi connectivity index (χ0) is 18.0. The maximum Gasteiger partial charge on any atom is 0.303 e. The number of carboxylic acids is 1. The molecule has 0 atom stereocenters. The SMILES string of the molecule is N#Cc1ccc(-c2[nH]c3c(F)cc(F)cc3c2CCCC(=O)O)cc1. The number of H-pyrrole nitrogens is 1. The molecule has 1 aromatic heterocycles. The summed E-state index contributed by atoms with van der Waals surface area (Å²) in [7, 11) is 0. The molecular formula is C19H14F2N2O2. The summed E-state index contributed by atoms with van der Waals surface area (Å²) in [4.78, 5) is 13.7. The van der Waals surface area contributed by atoms with E-state index in [-0.39, 0.29) is 11.9 Å². The van der Waals surface area contributed by atoms with E-state index < -0.39 is 17.6 Å². The molecule has 0 spiro atoms. The van der Waals surface area contributed by atoms with Gasteiger partial charge in [-0.1, -0.05) is 12.1 Å². The first-order chi connectivity index (χ1) is 12.0. The average molecular weight is 340 g/mol. The fourth-order valence-electron chi connectivity index (χ4n) is 2.91. The summed E-state index contributed by atoms with van der Waals surface area (Å²) in [6.07, 6.45) is 0.686. The van der Waals surface area contributed by atoms with Gasteiger partial charge in [0.25, 0.3) is 0 Å². The fourth-order valence-corrected chi connectivity index (χ4v) is 2.91. The summed E-state index contributed by atoms with van der Waals surface area (Å²) >= 11 is 0. The molecule has 0 unspecified atom stereocenters. The van der Waals surface area contributed by atoms with Gasteiger partial charge in [-0.25, -0.2) is 8.78 Å². The van der Waals surface area contributed by atoms with Crippen LogP contribution < -0.4 is 0 Å². The van der Waals surface area contributed by atoms with Gasteiger partial charge in [-0.15, -0.1) is 0 Å². The molecule has 0 saturated carbocycles. The number of nitrogens with zero attached hydrogens (tertiary/aromatic N) is 1. The monoisotopic (exact) mass is 340 g/mol. The molecule has 3 aromatic rings. The van der Waals surface area contributed by atoms with Gasteiger partial charge >= 0.3 is 5.97 Å². The maximum absolute atomic E-state index is 14.1. The molecule has 25 heavy (non-hydrogen) atoms. The van der Waals surface area contributed by atoms with Gasteiger partial charge in [-0.3, -0.25) is 4.79 Å². The van der Waals surface area contributed by atoms with Crippen LogP contribution in [0.15, 0.2) is 36.4 Å². The van der Waals surface area contributed by atoms with Crippen molar-refractivity contribution < 1.29 is 18.7 Å². The van der Waals surface area contributed by atoms with E-state index in [1.165, 1.54) is 6.07 Å². The van der Waals surface area contributed by atoms with Gasteiger partial charge in [-0.05, 0) is 42.2 Å². The van der Waals surface area contributed by atoms with Crippen LogP contribution >= 0.6 is 0 Å². The number of aryl methyl sites for hydroxylation is 1. The van der Waals surface area contributed by atoms with Gasteiger partial charge in [0, 0.05) is 23.6 Å². The lowest BCUT2D eigenvalue weighted by Crippen LogP contribution is -1.96. The van der Waals surface area contributed by atoms with Crippen LogP contribution in [0.2, 0.25) is 0 Å². The standard InChI is InChI=1S/C19H14F2N2O2/c20-13-8-15-14(2-1-3-17(24)25)18(23-19(15)16(21)9-13)12-6-4-11(10-22)5-7-12/h4-9,23H,1-3H2,(H,24,25). The van der Waals surface area contributed by atoms with Crippen molar-refractivity contribution in [3.63, 3.8) is 0 Å². The molecule has 6 heteroatoms. The first-order valence-corrected chi connectivity index (χ1v) is 7.71. The third-order valence-corrected chi connectivity index (χ3v) is 4.05. The molecule has 0 radical (unpaired) electrons. The van der Waals surface area contributed by atoms with Gasteiger partial charge in [0.15, 0.2) is 0 Å². The number of aromatic amines is 1. The lowest BCUT2D eigenvalue weighted by atomic mass is 9.99. The number of fused-ring (bicyclic) bond motifs is 1. The van der Waals surface area contributed by atoms with Gasteiger partial charge in [0.05, 0.1) is 17.1 Å². The molecule has 0 saturated heterocycles. The van der Waals surface area contributed by atoms with Crippen LogP contribution in [0, 0.1) is 23.0 Å². The predicted octanol–water partition coefficient (Wildman–Crippen LogP) is 4.39. The van der Waals surface area contributed by atoms with E-state index in [9.17, 15) is 13.6 Å². The number of hydrogen-bond acceptors (Lipinski definition) is 2. The zero-order valence-corrected chi connectivity index (χ0v) is 13.1. The van der Waals surface area contributed by atoms with E-state index in [1.807, 2.05) is 6.07 Å². The van der Waals surface area contributed by atoms with E-state index in [0.29, 0.717) is 35.0 Å². The molecule has 2 aromatic carbocycles. The summed E-state index contributed by atoms with van der Waals surface area (Å²) in [6.45, 7) is 0. The Labute approximate surface area is 142 Å². The maximum atomic E-state index is 14.1. The minimum Gasteiger partial charge on any atom is -0.481 e. The Balaban J connectivity index is 2.13. The lowest BCUT2D eigenvalue weighted by Gasteiger charge is -2.05. The van der Waals surface area contributed by atoms with E-state index in [4.69, 9.17) is 10.4 Å². The number of rotatable bonds is 5. The van der Waals surface area contributed by atoms with Crippen molar-refractivity contribution >= 4 is 16.9 Å². The highest BCUT2D eigenvalue weighted by Gasteiger charge is 2.17. The summed E-state index contributed by atoms with van der Waals surface area (Å²) in [5.41, 5.74) is 2.67. The second-order valence-electron chi connectivity index (χ2n) is 5.73. The highest BCUT2D eigenvalue weighted by atomic mass is 19.1. The van der Waals surface area contributed by atoms with Crippen molar-refractivity contribution in [1.82, 2.24) is 4.98 Å². The minimum atomic E-state index is -0.919. The van der Waals surface area contributed by atoms with E-state index >= 15 is 0 Å². The quantitative estimate of drug-likeness (QED) is 0.723. The molecule has 1 heterocycles. The van der Waals surface area contributed by atoms with E-state index in [1.54, 1.807) is 24.3 Å².